The fourth-order valence-electron chi connectivity index (χ4n) is 10.0. The van der Waals surface area contributed by atoms with E-state index in [4.69, 9.17) is 0 Å². The number of hydrogen-bond acceptors (Lipinski definition) is 0. The Morgan fingerprint density at radius 1 is 0.172 bits per heavy atom. The van der Waals surface area contributed by atoms with E-state index < -0.39 is 0 Å². The molecule has 0 saturated carbocycles. The van der Waals surface area contributed by atoms with E-state index in [1.54, 1.807) is 0 Å². The Morgan fingerprint density at radius 3 is 0.828 bits per heavy atom. The van der Waals surface area contributed by atoms with E-state index in [2.05, 4.69) is 225 Å². The normalized spacial score (nSPS) is 12.1. The van der Waals surface area contributed by atoms with E-state index in [0.717, 1.165) is 22.7 Å². The summed E-state index contributed by atoms with van der Waals surface area (Å²) in [5.41, 5.74) is 14.2. The van der Waals surface area contributed by atoms with Crippen molar-refractivity contribution in [3.8, 4) is 22.7 Å². The predicted octanol–water partition coefficient (Wildman–Crippen LogP) is 14.1. The highest BCUT2D eigenvalue weighted by Crippen LogP contribution is 2.47. The van der Waals surface area contributed by atoms with Crippen molar-refractivity contribution in [1.82, 2.24) is 18.3 Å². The van der Waals surface area contributed by atoms with Crippen LogP contribution in [-0.2, 0) is 0 Å². The molecule has 0 fully saturated rings. The molecule has 0 aliphatic heterocycles. The topological polar surface area (TPSA) is 19.7 Å². The van der Waals surface area contributed by atoms with E-state index in [-0.39, 0.29) is 0 Å². The minimum absolute atomic E-state index is 1.13. The van der Waals surface area contributed by atoms with Crippen LogP contribution in [0.4, 0.5) is 0 Å². The van der Waals surface area contributed by atoms with E-state index >= 15 is 0 Å². The molecule has 4 aromatic heterocycles. The predicted molar refractivity (Wildman–Crippen MR) is 244 cm³/mol. The van der Waals surface area contributed by atoms with Crippen molar-refractivity contribution >= 4 is 87.2 Å². The molecule has 0 N–H and O–H groups in total. The smallest absolute Gasteiger partial charge is 0.0549 e. The molecule has 0 aliphatic rings. The molecule has 0 unspecified atom stereocenters. The monoisotopic (exact) mass is 738 g/mol. The molecule has 4 heterocycles. The average Bonchev–Trinajstić information content (AvgIpc) is 4.02. The van der Waals surface area contributed by atoms with E-state index in [9.17, 15) is 0 Å². The third-order valence-corrected chi connectivity index (χ3v) is 12.3. The van der Waals surface area contributed by atoms with Crippen LogP contribution in [0, 0.1) is 0 Å². The molecule has 0 atom stereocenters. The summed E-state index contributed by atoms with van der Waals surface area (Å²) in [7, 11) is 0. The van der Waals surface area contributed by atoms with Gasteiger partial charge in [0.05, 0.1) is 44.1 Å². The lowest BCUT2D eigenvalue weighted by Gasteiger charge is -2.12. The number of para-hydroxylation sites is 6. The molecule has 13 aromatic rings. The summed E-state index contributed by atoms with van der Waals surface area (Å²) in [4.78, 5) is 0. The number of rotatable bonds is 4. The Hall–Kier alpha value is -7.82. The summed E-state index contributed by atoms with van der Waals surface area (Å²) in [6.45, 7) is 0. The van der Waals surface area contributed by atoms with Gasteiger partial charge in [0, 0.05) is 65.8 Å². The first kappa shape index (κ1) is 31.4. The van der Waals surface area contributed by atoms with Gasteiger partial charge < -0.3 is 18.3 Å². The summed E-state index contributed by atoms with van der Waals surface area (Å²) in [6.07, 6.45) is 0. The van der Waals surface area contributed by atoms with Crippen molar-refractivity contribution in [1.29, 1.82) is 0 Å². The molecule has 0 aliphatic carbocycles. The summed E-state index contributed by atoms with van der Waals surface area (Å²) in [5.74, 6) is 0. The van der Waals surface area contributed by atoms with Gasteiger partial charge in [-0.2, -0.15) is 0 Å². The summed E-state index contributed by atoms with van der Waals surface area (Å²) >= 11 is 0. The zero-order valence-corrected chi connectivity index (χ0v) is 31.4. The zero-order chi connectivity index (χ0) is 37.9. The summed E-state index contributed by atoms with van der Waals surface area (Å²) in [5, 5.41) is 10.1. The van der Waals surface area contributed by atoms with Gasteiger partial charge in [-0.25, -0.2) is 0 Å². The van der Waals surface area contributed by atoms with Gasteiger partial charge in [0.1, 0.15) is 0 Å². The lowest BCUT2D eigenvalue weighted by Crippen LogP contribution is -1.97. The second-order valence-corrected chi connectivity index (χ2v) is 15.3. The summed E-state index contributed by atoms with van der Waals surface area (Å²) < 4.78 is 9.75. The van der Waals surface area contributed by atoms with Crippen LogP contribution < -0.4 is 0 Å². The lowest BCUT2D eigenvalue weighted by atomic mass is 10.0. The van der Waals surface area contributed by atoms with Crippen LogP contribution in [0.1, 0.15) is 0 Å². The van der Waals surface area contributed by atoms with E-state index in [0.29, 0.717) is 0 Å². The van der Waals surface area contributed by atoms with Crippen LogP contribution in [0.3, 0.4) is 0 Å². The van der Waals surface area contributed by atoms with Gasteiger partial charge in [-0.15, -0.1) is 0 Å². The van der Waals surface area contributed by atoms with E-state index in [1.165, 1.54) is 87.2 Å². The van der Waals surface area contributed by atoms with Crippen LogP contribution in [0.2, 0.25) is 0 Å². The van der Waals surface area contributed by atoms with Gasteiger partial charge >= 0.3 is 0 Å². The molecule has 0 spiro atoms. The third-order valence-electron chi connectivity index (χ3n) is 12.3. The van der Waals surface area contributed by atoms with Crippen molar-refractivity contribution in [2.75, 3.05) is 0 Å². The van der Waals surface area contributed by atoms with Crippen molar-refractivity contribution in [2.45, 2.75) is 0 Å². The Balaban J connectivity index is 1.17. The number of aromatic nitrogens is 4. The number of benzene rings is 9. The number of hydrogen-bond donors (Lipinski definition) is 0. The van der Waals surface area contributed by atoms with Crippen LogP contribution in [0.25, 0.3) is 110 Å². The zero-order valence-electron chi connectivity index (χ0n) is 31.4. The highest BCUT2D eigenvalue weighted by molar-refractivity contribution is 6.36. The Bertz CT molecular complexity index is 3540. The highest BCUT2D eigenvalue weighted by atomic mass is 15.0. The molecule has 4 nitrogen and oxygen atoms in total. The van der Waals surface area contributed by atoms with Crippen molar-refractivity contribution < 1.29 is 0 Å². The quantitative estimate of drug-likeness (QED) is 0.171. The molecule has 13 rings (SSSR count). The van der Waals surface area contributed by atoms with Gasteiger partial charge in [-0.1, -0.05) is 109 Å². The molecule has 0 saturated heterocycles. The maximum absolute atomic E-state index is 2.49. The third kappa shape index (κ3) is 4.18. The maximum Gasteiger partial charge on any atom is 0.0549 e. The van der Waals surface area contributed by atoms with Gasteiger partial charge in [-0.05, 0) is 97.1 Å². The molecule has 0 amide bonds. The number of fused-ring (bicyclic) bond motifs is 14. The fraction of sp³-hybridized carbons (Fsp3) is 0. The van der Waals surface area contributed by atoms with E-state index in [1.807, 2.05) is 0 Å². The van der Waals surface area contributed by atoms with Crippen LogP contribution in [0.5, 0.6) is 0 Å². The average molecular weight is 739 g/mol. The second-order valence-electron chi connectivity index (χ2n) is 15.3. The number of nitrogens with zero attached hydrogens (tertiary/aromatic N) is 4. The van der Waals surface area contributed by atoms with Gasteiger partial charge in [-0.3, -0.25) is 0 Å². The Morgan fingerprint density at radius 2 is 0.431 bits per heavy atom. The van der Waals surface area contributed by atoms with Crippen LogP contribution in [0.15, 0.2) is 206 Å². The van der Waals surface area contributed by atoms with Gasteiger partial charge in [0.2, 0.25) is 0 Å². The molecule has 58 heavy (non-hydrogen) atoms. The van der Waals surface area contributed by atoms with Gasteiger partial charge in [0.15, 0.2) is 0 Å². The SMILES string of the molecule is c1ccc(-n2c3ccccc3c3c4c5c6c7ccccc7n(-c7ccccc7)c6ccc5n(-c5ccc(-n6c7ccccc7c7ccccc76)cc5)c4ccc32)cc1. The minimum Gasteiger partial charge on any atom is -0.309 e. The fourth-order valence-corrected chi connectivity index (χ4v) is 10.0. The van der Waals surface area contributed by atoms with Crippen molar-refractivity contribution in [3.63, 3.8) is 0 Å². The minimum atomic E-state index is 1.13. The molecule has 4 heteroatoms. The van der Waals surface area contributed by atoms with Crippen molar-refractivity contribution in [2.24, 2.45) is 0 Å². The lowest BCUT2D eigenvalue weighted by molar-refractivity contribution is 1.14. The largest absolute Gasteiger partial charge is 0.309 e. The van der Waals surface area contributed by atoms with Crippen LogP contribution in [-0.4, -0.2) is 18.3 Å². The molecular weight excluding hydrogens is 705 g/mol. The molecular formula is C54H34N4. The summed E-state index contributed by atoms with van der Waals surface area (Å²) in [6, 6.07) is 75.3. The Labute approximate surface area is 333 Å². The second kappa shape index (κ2) is 11.8. The molecule has 9 aromatic carbocycles. The van der Waals surface area contributed by atoms with Crippen LogP contribution >= 0.6 is 0 Å². The standard InChI is InChI=1S/C54H34N4/c1-3-15-35(16-4-1)56-45-25-13-9-21-41(45)51-47(56)31-33-49-53(51)54-50(34-32-48-52(54)42-22-10-14-26-46(42)57(48)36-17-5-2-6-18-36)58(49)38-29-27-37(28-30-38)55-43-23-11-7-19-39(43)40-20-8-12-24-44(40)55/h1-34H. The molecule has 0 bridgehead atoms. The first-order chi connectivity index (χ1) is 28.8. The first-order valence-electron chi connectivity index (χ1n) is 20.0. The molecule has 270 valence electrons. The Kier molecular flexibility index (Phi) is 6.41. The maximum atomic E-state index is 2.49. The molecule has 0 radical (unpaired) electrons. The first-order valence-corrected chi connectivity index (χ1v) is 20.0. The van der Waals surface area contributed by atoms with Gasteiger partial charge in [0.25, 0.3) is 0 Å². The highest BCUT2D eigenvalue weighted by Gasteiger charge is 2.25. The van der Waals surface area contributed by atoms with Crippen molar-refractivity contribution in [3.05, 3.63) is 206 Å².